The number of benzene rings is 4. The second-order valence-corrected chi connectivity index (χ2v) is 8.21. The Kier molecular flexibility index (Phi) is 7.11. The molecule has 0 spiro atoms. The Morgan fingerprint density at radius 2 is 0.774 bits per heavy atom. The standard InChI is InChI=1S/C28H22OS2/c30-27(25-15-11-23(12-16-25)21-7-3-1-4-8-21)19-29-20-28(31)26-17-13-24(14-18-26)22-9-5-2-6-10-22/h1-18H,19-20H2. The molecular formula is C28H22OS2. The SMILES string of the molecule is S=C(COCC(=S)c1ccc(-c2ccccc2)cc1)c1ccc(-c2ccccc2)cc1. The van der Waals surface area contributed by atoms with E-state index in [1.165, 1.54) is 22.3 Å². The third-order valence-electron chi connectivity index (χ3n) is 5.09. The predicted molar refractivity (Wildman–Crippen MR) is 138 cm³/mol. The van der Waals surface area contributed by atoms with Gasteiger partial charge in [-0.25, -0.2) is 0 Å². The third kappa shape index (κ3) is 5.59. The summed E-state index contributed by atoms with van der Waals surface area (Å²) in [5.41, 5.74) is 6.75. The first-order valence-corrected chi connectivity index (χ1v) is 11.0. The Morgan fingerprint density at radius 1 is 0.452 bits per heavy atom. The fraction of sp³-hybridized carbons (Fsp3) is 0.0714. The van der Waals surface area contributed by atoms with Crippen LogP contribution >= 0.6 is 24.4 Å². The van der Waals surface area contributed by atoms with Crippen molar-refractivity contribution in [1.29, 1.82) is 0 Å². The van der Waals surface area contributed by atoms with Crippen molar-refractivity contribution >= 4 is 34.2 Å². The van der Waals surface area contributed by atoms with Crippen LogP contribution in [0.1, 0.15) is 11.1 Å². The highest BCUT2D eigenvalue weighted by Crippen LogP contribution is 2.21. The number of thiocarbonyl (C=S) groups is 2. The van der Waals surface area contributed by atoms with Gasteiger partial charge in [0.15, 0.2) is 0 Å². The molecule has 3 heteroatoms. The molecule has 152 valence electrons. The summed E-state index contributed by atoms with van der Waals surface area (Å²) in [6.45, 7) is 0.754. The van der Waals surface area contributed by atoms with Gasteiger partial charge in [-0.1, -0.05) is 134 Å². The van der Waals surface area contributed by atoms with Crippen molar-refractivity contribution < 1.29 is 4.74 Å². The summed E-state index contributed by atoms with van der Waals surface area (Å²) in [6.07, 6.45) is 0. The molecule has 4 aromatic carbocycles. The van der Waals surface area contributed by atoms with Crippen molar-refractivity contribution in [3.63, 3.8) is 0 Å². The topological polar surface area (TPSA) is 9.23 Å². The van der Waals surface area contributed by atoms with Crippen LogP contribution in [0.25, 0.3) is 22.3 Å². The Morgan fingerprint density at radius 3 is 1.13 bits per heavy atom. The molecule has 0 unspecified atom stereocenters. The quantitative estimate of drug-likeness (QED) is 0.213. The number of rotatable bonds is 8. The van der Waals surface area contributed by atoms with Crippen LogP contribution in [-0.4, -0.2) is 22.9 Å². The second kappa shape index (κ2) is 10.4. The zero-order valence-electron chi connectivity index (χ0n) is 17.0. The fourth-order valence-corrected chi connectivity index (χ4v) is 3.80. The van der Waals surface area contributed by atoms with E-state index in [1.807, 2.05) is 36.4 Å². The van der Waals surface area contributed by atoms with Crippen molar-refractivity contribution in [2.45, 2.75) is 0 Å². The molecule has 0 fully saturated rings. The van der Waals surface area contributed by atoms with Gasteiger partial charge in [-0.15, -0.1) is 0 Å². The van der Waals surface area contributed by atoms with Crippen molar-refractivity contribution in [2.75, 3.05) is 13.2 Å². The van der Waals surface area contributed by atoms with Crippen molar-refractivity contribution in [3.8, 4) is 22.3 Å². The fourth-order valence-electron chi connectivity index (χ4n) is 3.36. The largest absolute Gasteiger partial charge is 0.370 e. The van der Waals surface area contributed by atoms with E-state index in [9.17, 15) is 0 Å². The highest BCUT2D eigenvalue weighted by molar-refractivity contribution is 7.81. The minimum Gasteiger partial charge on any atom is -0.370 e. The summed E-state index contributed by atoms with van der Waals surface area (Å²) in [7, 11) is 0. The van der Waals surface area contributed by atoms with Gasteiger partial charge in [0.05, 0.1) is 13.2 Å². The van der Waals surface area contributed by atoms with E-state index >= 15 is 0 Å². The molecule has 0 saturated carbocycles. The number of hydrogen-bond donors (Lipinski definition) is 0. The third-order valence-corrected chi connectivity index (χ3v) is 5.80. The summed E-state index contributed by atoms with van der Waals surface area (Å²) >= 11 is 11.1. The summed E-state index contributed by atoms with van der Waals surface area (Å²) in [5.74, 6) is 0. The molecule has 31 heavy (non-hydrogen) atoms. The molecule has 0 saturated heterocycles. The lowest BCUT2D eigenvalue weighted by atomic mass is 10.0. The van der Waals surface area contributed by atoms with Gasteiger partial charge in [0.25, 0.3) is 0 Å². The molecule has 0 heterocycles. The zero-order chi connectivity index (χ0) is 21.5. The maximum absolute atomic E-state index is 5.81. The van der Waals surface area contributed by atoms with Gasteiger partial charge in [-0.05, 0) is 33.4 Å². The minimum absolute atomic E-state index is 0.377. The summed E-state index contributed by atoms with van der Waals surface area (Å²) in [4.78, 5) is 1.56. The highest BCUT2D eigenvalue weighted by atomic mass is 32.1. The maximum Gasteiger partial charge on any atom is 0.0828 e. The van der Waals surface area contributed by atoms with Crippen molar-refractivity contribution in [2.24, 2.45) is 0 Å². The maximum atomic E-state index is 5.81. The van der Waals surface area contributed by atoms with Crippen LogP contribution in [0.2, 0.25) is 0 Å². The van der Waals surface area contributed by atoms with Crippen LogP contribution in [0.5, 0.6) is 0 Å². The van der Waals surface area contributed by atoms with Gasteiger partial charge in [0.1, 0.15) is 0 Å². The molecule has 4 rings (SSSR count). The monoisotopic (exact) mass is 438 g/mol. The summed E-state index contributed by atoms with van der Waals surface area (Å²) in [6, 6.07) is 37.2. The Bertz CT molecular complexity index is 1050. The smallest absolute Gasteiger partial charge is 0.0828 e. The van der Waals surface area contributed by atoms with Gasteiger partial charge in [-0.3, -0.25) is 0 Å². The van der Waals surface area contributed by atoms with Crippen LogP contribution in [0.3, 0.4) is 0 Å². The Hall–Kier alpha value is -2.98. The lowest BCUT2D eigenvalue weighted by Crippen LogP contribution is -2.13. The number of hydrogen-bond acceptors (Lipinski definition) is 3. The van der Waals surface area contributed by atoms with Gasteiger partial charge in [0, 0.05) is 9.73 Å². The highest BCUT2D eigenvalue weighted by Gasteiger charge is 2.06. The van der Waals surface area contributed by atoms with Crippen LogP contribution in [0.4, 0.5) is 0 Å². The number of ether oxygens (including phenoxy) is 1. The average Bonchev–Trinajstić information content (AvgIpc) is 2.85. The molecule has 0 N–H and O–H groups in total. The van der Waals surface area contributed by atoms with Gasteiger partial charge in [-0.2, -0.15) is 0 Å². The first-order chi connectivity index (χ1) is 15.2. The van der Waals surface area contributed by atoms with Gasteiger partial charge >= 0.3 is 0 Å². The van der Waals surface area contributed by atoms with E-state index in [0.717, 1.165) is 20.9 Å². The molecule has 0 aliphatic heterocycles. The van der Waals surface area contributed by atoms with Crippen LogP contribution in [0, 0.1) is 0 Å². The predicted octanol–water partition coefficient (Wildman–Crippen LogP) is 7.17. The molecular weight excluding hydrogens is 416 g/mol. The zero-order valence-corrected chi connectivity index (χ0v) is 18.7. The molecule has 0 amide bonds. The molecule has 1 nitrogen and oxygen atoms in total. The Balaban J connectivity index is 1.29. The molecule has 0 atom stereocenters. The normalized spacial score (nSPS) is 10.6. The molecule has 0 aliphatic carbocycles. The molecule has 0 radical (unpaired) electrons. The van der Waals surface area contributed by atoms with Crippen molar-refractivity contribution in [1.82, 2.24) is 0 Å². The van der Waals surface area contributed by atoms with E-state index in [-0.39, 0.29) is 0 Å². The van der Waals surface area contributed by atoms with Crippen molar-refractivity contribution in [3.05, 3.63) is 120 Å². The first-order valence-electron chi connectivity index (χ1n) is 10.2. The van der Waals surface area contributed by atoms with Crippen LogP contribution < -0.4 is 0 Å². The van der Waals surface area contributed by atoms with Gasteiger partial charge < -0.3 is 4.74 Å². The second-order valence-electron chi connectivity index (χ2n) is 7.23. The molecule has 0 bridgehead atoms. The summed E-state index contributed by atoms with van der Waals surface area (Å²) < 4.78 is 5.81. The summed E-state index contributed by atoms with van der Waals surface area (Å²) in [5, 5.41) is 0. The average molecular weight is 439 g/mol. The molecule has 0 aromatic heterocycles. The van der Waals surface area contributed by atoms with Crippen LogP contribution in [0.15, 0.2) is 109 Å². The Labute approximate surface area is 194 Å². The van der Waals surface area contributed by atoms with Crippen LogP contribution in [-0.2, 0) is 4.74 Å². The van der Waals surface area contributed by atoms with E-state index in [2.05, 4.69) is 72.8 Å². The lowest BCUT2D eigenvalue weighted by molar-refractivity contribution is 0.218. The van der Waals surface area contributed by atoms with E-state index in [0.29, 0.717) is 13.2 Å². The molecule has 4 aromatic rings. The minimum atomic E-state index is 0.377. The lowest BCUT2D eigenvalue weighted by Gasteiger charge is -2.09. The van der Waals surface area contributed by atoms with E-state index in [4.69, 9.17) is 29.2 Å². The molecule has 0 aliphatic rings. The van der Waals surface area contributed by atoms with E-state index < -0.39 is 0 Å². The van der Waals surface area contributed by atoms with Gasteiger partial charge in [0.2, 0.25) is 0 Å². The van der Waals surface area contributed by atoms with E-state index in [1.54, 1.807) is 0 Å². The first kappa shape index (κ1) is 21.3.